The third-order valence-electron chi connectivity index (χ3n) is 4.01. The molecule has 3 rings (SSSR count). The van der Waals surface area contributed by atoms with Crippen LogP contribution in [0.25, 0.3) is 0 Å². The van der Waals surface area contributed by atoms with Crippen LogP contribution < -0.4 is 5.32 Å². The molecule has 1 aromatic heterocycles. The van der Waals surface area contributed by atoms with Crippen molar-refractivity contribution < 1.29 is 4.79 Å². The molecular formula is C17H22N4OS. The molecule has 0 unspecified atom stereocenters. The number of carbonyl (C=O) groups is 1. The van der Waals surface area contributed by atoms with Crippen molar-refractivity contribution in [2.24, 2.45) is 5.92 Å². The predicted molar refractivity (Wildman–Crippen MR) is 93.8 cm³/mol. The van der Waals surface area contributed by atoms with Gasteiger partial charge in [-0.2, -0.15) is 5.10 Å². The molecule has 2 amide bonds. The van der Waals surface area contributed by atoms with Gasteiger partial charge in [0, 0.05) is 36.5 Å². The van der Waals surface area contributed by atoms with Crippen molar-refractivity contribution in [1.82, 2.24) is 14.7 Å². The molecular weight excluding hydrogens is 308 g/mol. The molecule has 0 saturated carbocycles. The summed E-state index contributed by atoms with van der Waals surface area (Å²) in [7, 11) is 0. The summed E-state index contributed by atoms with van der Waals surface area (Å²) in [5.74, 6) is 1.62. The Morgan fingerprint density at radius 3 is 2.96 bits per heavy atom. The second-order valence-electron chi connectivity index (χ2n) is 5.74. The van der Waals surface area contributed by atoms with Gasteiger partial charge in [0.25, 0.3) is 0 Å². The van der Waals surface area contributed by atoms with Crippen molar-refractivity contribution in [3.05, 3.63) is 42.7 Å². The van der Waals surface area contributed by atoms with Gasteiger partial charge in [0.1, 0.15) is 0 Å². The highest BCUT2D eigenvalue weighted by molar-refractivity contribution is 7.99. The lowest BCUT2D eigenvalue weighted by molar-refractivity contribution is 0.221. The first-order valence-corrected chi connectivity index (χ1v) is 8.99. The highest BCUT2D eigenvalue weighted by atomic mass is 32.2. The second-order valence-corrected chi connectivity index (χ2v) is 6.83. The summed E-state index contributed by atoms with van der Waals surface area (Å²) in [5, 5.41) is 7.10. The van der Waals surface area contributed by atoms with Crippen LogP contribution in [-0.4, -0.2) is 39.6 Å². The van der Waals surface area contributed by atoms with E-state index in [0.29, 0.717) is 5.92 Å². The van der Waals surface area contributed by atoms with E-state index in [4.69, 9.17) is 0 Å². The maximum Gasteiger partial charge on any atom is 0.321 e. The Bertz CT molecular complexity index is 643. The Hall–Kier alpha value is -1.95. The smallest absolute Gasteiger partial charge is 0.321 e. The molecule has 23 heavy (non-hydrogen) atoms. The molecule has 1 aliphatic rings. The molecule has 5 nitrogen and oxygen atoms in total. The van der Waals surface area contributed by atoms with Crippen molar-refractivity contribution in [2.45, 2.75) is 24.8 Å². The van der Waals surface area contributed by atoms with E-state index in [0.717, 1.165) is 37.5 Å². The molecule has 2 aromatic rings. The normalized spacial score (nSPS) is 17.4. The molecule has 1 saturated heterocycles. The van der Waals surface area contributed by atoms with Crippen LogP contribution in [-0.2, 0) is 6.54 Å². The molecule has 0 aliphatic carbocycles. The molecule has 122 valence electrons. The Morgan fingerprint density at radius 1 is 1.39 bits per heavy atom. The third kappa shape index (κ3) is 4.28. The monoisotopic (exact) mass is 330 g/mol. The molecule has 2 heterocycles. The summed E-state index contributed by atoms with van der Waals surface area (Å²) in [6.07, 6.45) is 4.62. The molecule has 1 aliphatic heterocycles. The SMILES string of the molecule is CCn1cc(NC(=O)N2CC[C@H](CSc3ccccc3)C2)cn1. The zero-order chi connectivity index (χ0) is 16.1. The number of aryl methyl sites for hydroxylation is 1. The van der Waals surface area contributed by atoms with Crippen molar-refractivity contribution in [3.63, 3.8) is 0 Å². The Labute approximate surface area is 141 Å². The third-order valence-corrected chi connectivity index (χ3v) is 5.25. The molecule has 6 heteroatoms. The average molecular weight is 330 g/mol. The van der Waals surface area contributed by atoms with Crippen molar-refractivity contribution >= 4 is 23.5 Å². The topological polar surface area (TPSA) is 50.2 Å². The molecule has 1 fully saturated rings. The van der Waals surface area contributed by atoms with Gasteiger partial charge in [-0.1, -0.05) is 18.2 Å². The quantitative estimate of drug-likeness (QED) is 0.853. The highest BCUT2D eigenvalue weighted by Crippen LogP contribution is 2.26. The Kier molecular flexibility index (Phi) is 5.23. The van der Waals surface area contributed by atoms with Crippen LogP contribution in [0.3, 0.4) is 0 Å². The first-order chi connectivity index (χ1) is 11.2. The van der Waals surface area contributed by atoms with E-state index >= 15 is 0 Å². The van der Waals surface area contributed by atoms with Gasteiger partial charge in [-0.15, -0.1) is 11.8 Å². The lowest BCUT2D eigenvalue weighted by atomic mass is 10.2. The number of rotatable bonds is 5. The van der Waals surface area contributed by atoms with Crippen molar-refractivity contribution in [1.29, 1.82) is 0 Å². The summed E-state index contributed by atoms with van der Waals surface area (Å²) < 4.78 is 1.80. The van der Waals surface area contributed by atoms with Crippen LogP contribution in [0.4, 0.5) is 10.5 Å². The van der Waals surface area contributed by atoms with E-state index in [2.05, 4.69) is 34.7 Å². The zero-order valence-corrected chi connectivity index (χ0v) is 14.1. The van der Waals surface area contributed by atoms with Crippen LogP contribution in [0, 0.1) is 5.92 Å². The molecule has 0 bridgehead atoms. The molecule has 1 aromatic carbocycles. The minimum absolute atomic E-state index is 0.0205. The number of aromatic nitrogens is 2. The summed E-state index contributed by atoms with van der Waals surface area (Å²) in [6.45, 7) is 4.48. The number of amides is 2. The molecule has 0 spiro atoms. The summed E-state index contributed by atoms with van der Waals surface area (Å²) in [5.41, 5.74) is 0.763. The van der Waals surface area contributed by atoms with E-state index < -0.39 is 0 Å². The summed E-state index contributed by atoms with van der Waals surface area (Å²) in [6, 6.07) is 10.4. The number of nitrogens with one attached hydrogen (secondary N) is 1. The number of carbonyl (C=O) groups excluding carboxylic acids is 1. The van der Waals surface area contributed by atoms with Gasteiger partial charge in [-0.25, -0.2) is 4.79 Å². The summed E-state index contributed by atoms with van der Waals surface area (Å²) >= 11 is 1.87. The van der Waals surface area contributed by atoms with Gasteiger partial charge in [0.15, 0.2) is 0 Å². The molecule has 1 atom stereocenters. The number of benzene rings is 1. The second kappa shape index (κ2) is 7.55. The van der Waals surface area contributed by atoms with E-state index in [9.17, 15) is 4.79 Å². The number of thioether (sulfide) groups is 1. The van der Waals surface area contributed by atoms with Gasteiger partial charge >= 0.3 is 6.03 Å². The highest BCUT2D eigenvalue weighted by Gasteiger charge is 2.26. The van der Waals surface area contributed by atoms with Crippen molar-refractivity contribution in [2.75, 3.05) is 24.2 Å². The number of hydrogen-bond acceptors (Lipinski definition) is 3. The lowest BCUT2D eigenvalue weighted by Gasteiger charge is -2.16. The van der Waals surface area contributed by atoms with Crippen molar-refractivity contribution in [3.8, 4) is 0 Å². The van der Waals surface area contributed by atoms with Crippen LogP contribution in [0.2, 0.25) is 0 Å². The Balaban J connectivity index is 1.46. The lowest BCUT2D eigenvalue weighted by Crippen LogP contribution is -2.33. The van der Waals surface area contributed by atoms with E-state index in [-0.39, 0.29) is 6.03 Å². The number of anilines is 1. The largest absolute Gasteiger partial charge is 0.324 e. The maximum atomic E-state index is 12.3. The van der Waals surface area contributed by atoms with Gasteiger partial charge in [-0.05, 0) is 31.4 Å². The fourth-order valence-corrected chi connectivity index (χ4v) is 3.74. The summed E-state index contributed by atoms with van der Waals surface area (Å²) in [4.78, 5) is 15.5. The fourth-order valence-electron chi connectivity index (χ4n) is 2.69. The first-order valence-electron chi connectivity index (χ1n) is 8.01. The maximum absolute atomic E-state index is 12.3. The fraction of sp³-hybridized carbons (Fsp3) is 0.412. The number of likely N-dealkylation sites (tertiary alicyclic amines) is 1. The van der Waals surface area contributed by atoms with Crippen LogP contribution in [0.1, 0.15) is 13.3 Å². The minimum Gasteiger partial charge on any atom is -0.324 e. The predicted octanol–water partition coefficient (Wildman–Crippen LogP) is 3.55. The number of hydrogen-bond donors (Lipinski definition) is 1. The van der Waals surface area contributed by atoms with E-state index in [1.165, 1.54) is 4.90 Å². The average Bonchev–Trinajstić information content (AvgIpc) is 3.23. The van der Waals surface area contributed by atoms with Gasteiger partial charge in [-0.3, -0.25) is 4.68 Å². The first kappa shape index (κ1) is 15.9. The number of urea groups is 1. The molecule has 1 N–H and O–H groups in total. The van der Waals surface area contributed by atoms with Gasteiger partial charge in [0.2, 0.25) is 0 Å². The van der Waals surface area contributed by atoms with E-state index in [1.54, 1.807) is 10.9 Å². The van der Waals surface area contributed by atoms with Crippen LogP contribution in [0.5, 0.6) is 0 Å². The minimum atomic E-state index is -0.0205. The van der Waals surface area contributed by atoms with Crippen LogP contribution >= 0.6 is 11.8 Å². The van der Waals surface area contributed by atoms with Crippen LogP contribution in [0.15, 0.2) is 47.6 Å². The standard InChI is InChI=1S/C17H22N4OS/c1-2-21-12-15(10-18-21)19-17(22)20-9-8-14(11-20)13-23-16-6-4-3-5-7-16/h3-7,10,12,14H,2,8-9,11,13H2,1H3,(H,19,22)/t14-/m0/s1. The Morgan fingerprint density at radius 2 is 2.22 bits per heavy atom. The molecule has 0 radical (unpaired) electrons. The van der Waals surface area contributed by atoms with E-state index in [1.807, 2.05) is 35.8 Å². The van der Waals surface area contributed by atoms with Gasteiger partial charge < -0.3 is 10.2 Å². The van der Waals surface area contributed by atoms with Gasteiger partial charge in [0.05, 0.1) is 11.9 Å². The zero-order valence-electron chi connectivity index (χ0n) is 13.3. The number of nitrogens with zero attached hydrogens (tertiary/aromatic N) is 3.